The topological polar surface area (TPSA) is 102 Å². The highest BCUT2D eigenvalue weighted by Crippen LogP contribution is 2.33. The number of aromatic hydroxyl groups is 1. The maximum Gasteiger partial charge on any atom is 0.222 e. The zero-order valence-electron chi connectivity index (χ0n) is 22.8. The van der Waals surface area contributed by atoms with E-state index in [2.05, 4.69) is 42.3 Å². The van der Waals surface area contributed by atoms with Gasteiger partial charge in [0.05, 0.1) is 16.9 Å². The van der Waals surface area contributed by atoms with Crippen molar-refractivity contribution in [2.45, 2.75) is 39.3 Å². The first-order valence-electron chi connectivity index (χ1n) is 13.8. The van der Waals surface area contributed by atoms with E-state index in [1.54, 1.807) is 18.6 Å². The van der Waals surface area contributed by atoms with Gasteiger partial charge in [-0.15, -0.1) is 0 Å². The van der Waals surface area contributed by atoms with E-state index in [0.717, 1.165) is 34.3 Å². The Hall–Kier alpha value is -4.56. The van der Waals surface area contributed by atoms with Crippen molar-refractivity contribution in [3.05, 3.63) is 96.1 Å². The Kier molecular flexibility index (Phi) is 7.25. The molecular formula is C32H33N7O. The second kappa shape index (κ2) is 11.3. The lowest BCUT2D eigenvalue weighted by Gasteiger charge is -2.14. The lowest BCUT2D eigenvalue weighted by atomic mass is 10.0. The maximum atomic E-state index is 11.1. The zero-order valence-corrected chi connectivity index (χ0v) is 22.8. The van der Waals surface area contributed by atoms with Crippen LogP contribution >= 0.6 is 0 Å². The van der Waals surface area contributed by atoms with Crippen molar-refractivity contribution in [1.29, 1.82) is 0 Å². The van der Waals surface area contributed by atoms with Crippen LogP contribution in [0.3, 0.4) is 0 Å². The Morgan fingerprint density at radius 3 is 2.45 bits per heavy atom. The standard InChI is InChI=1S/C32H33N7O/c1-21(2)36-32-34-18-24(19-35-32)23-10-13-26-28(17-23)38-31(40)29(26)30(27-7-3-4-14-33-27)37-25-11-8-22(9-12-25)20-39-15-5-6-16-39/h3-4,7-14,17-19,21,38,40H,5-6,15-16,20H2,1-2H3,(H,34,35,36). The SMILES string of the molecule is CC(C)Nc1ncc(-c2ccc3c(C(=Nc4ccc(CN5CCCC5)cc4)c4ccccn4)c(O)[nH]c3c2)cn1. The average molecular weight is 532 g/mol. The van der Waals surface area contributed by atoms with Gasteiger partial charge in [0.15, 0.2) is 5.88 Å². The summed E-state index contributed by atoms with van der Waals surface area (Å²) in [6, 6.07) is 20.3. The lowest BCUT2D eigenvalue weighted by Crippen LogP contribution is -2.18. The molecular weight excluding hydrogens is 498 g/mol. The molecule has 6 rings (SSSR count). The molecule has 8 nitrogen and oxygen atoms in total. The van der Waals surface area contributed by atoms with Gasteiger partial charge in [-0.3, -0.25) is 9.88 Å². The number of rotatable bonds is 8. The highest BCUT2D eigenvalue weighted by atomic mass is 16.3. The van der Waals surface area contributed by atoms with E-state index >= 15 is 0 Å². The first-order valence-corrected chi connectivity index (χ1v) is 13.8. The van der Waals surface area contributed by atoms with E-state index in [0.29, 0.717) is 22.9 Å². The molecule has 40 heavy (non-hydrogen) atoms. The molecule has 4 heterocycles. The van der Waals surface area contributed by atoms with Crippen LogP contribution in [0.25, 0.3) is 22.0 Å². The largest absolute Gasteiger partial charge is 0.494 e. The Bertz CT molecular complexity index is 1620. The second-order valence-corrected chi connectivity index (χ2v) is 10.5. The number of aromatic amines is 1. The Balaban J connectivity index is 1.35. The number of anilines is 1. The van der Waals surface area contributed by atoms with Crippen molar-refractivity contribution in [3.8, 4) is 17.0 Å². The molecule has 202 valence electrons. The fourth-order valence-electron chi connectivity index (χ4n) is 5.16. The minimum Gasteiger partial charge on any atom is -0.494 e. The van der Waals surface area contributed by atoms with Crippen molar-refractivity contribution in [2.75, 3.05) is 18.4 Å². The highest BCUT2D eigenvalue weighted by Gasteiger charge is 2.20. The van der Waals surface area contributed by atoms with Gasteiger partial charge >= 0.3 is 0 Å². The van der Waals surface area contributed by atoms with Crippen molar-refractivity contribution >= 4 is 28.3 Å². The predicted octanol–water partition coefficient (Wildman–Crippen LogP) is 6.31. The molecule has 0 saturated carbocycles. The van der Waals surface area contributed by atoms with Crippen LogP contribution in [0, 0.1) is 0 Å². The molecule has 3 aromatic heterocycles. The summed E-state index contributed by atoms with van der Waals surface area (Å²) in [6.07, 6.45) is 7.90. The van der Waals surface area contributed by atoms with Crippen LogP contribution in [0.15, 0.2) is 84.2 Å². The molecule has 5 aromatic rings. The van der Waals surface area contributed by atoms with Crippen LogP contribution in [-0.4, -0.2) is 54.8 Å². The number of fused-ring (bicyclic) bond motifs is 1. The van der Waals surface area contributed by atoms with Crippen molar-refractivity contribution in [3.63, 3.8) is 0 Å². The van der Waals surface area contributed by atoms with E-state index in [4.69, 9.17) is 4.99 Å². The number of hydrogen-bond acceptors (Lipinski definition) is 7. The number of aliphatic imine (C=N–C) groups is 1. The number of hydrogen-bond donors (Lipinski definition) is 3. The van der Waals surface area contributed by atoms with Crippen molar-refractivity contribution in [2.24, 2.45) is 4.99 Å². The van der Waals surface area contributed by atoms with Crippen LogP contribution < -0.4 is 5.32 Å². The minimum absolute atomic E-state index is 0.0509. The molecule has 1 aliphatic heterocycles. The van der Waals surface area contributed by atoms with Gasteiger partial charge in [0.25, 0.3) is 0 Å². The summed E-state index contributed by atoms with van der Waals surface area (Å²) < 4.78 is 0. The van der Waals surface area contributed by atoms with Gasteiger partial charge < -0.3 is 15.4 Å². The Labute approximate surface area is 233 Å². The van der Waals surface area contributed by atoms with Gasteiger partial charge in [-0.1, -0.05) is 30.3 Å². The summed E-state index contributed by atoms with van der Waals surface area (Å²) in [5.74, 6) is 0.648. The van der Waals surface area contributed by atoms with E-state index in [9.17, 15) is 5.11 Å². The van der Waals surface area contributed by atoms with Gasteiger partial charge in [-0.25, -0.2) is 15.0 Å². The molecule has 1 saturated heterocycles. The van der Waals surface area contributed by atoms with Crippen LogP contribution in [0.1, 0.15) is 43.5 Å². The van der Waals surface area contributed by atoms with Gasteiger partial charge in [0.1, 0.15) is 5.71 Å². The summed E-state index contributed by atoms with van der Waals surface area (Å²) >= 11 is 0. The number of nitrogens with one attached hydrogen (secondary N) is 2. The Morgan fingerprint density at radius 2 is 1.75 bits per heavy atom. The zero-order chi connectivity index (χ0) is 27.5. The van der Waals surface area contributed by atoms with Gasteiger partial charge in [-0.2, -0.15) is 0 Å². The summed E-state index contributed by atoms with van der Waals surface area (Å²) in [5.41, 5.74) is 6.62. The number of H-pyrrole nitrogens is 1. The summed E-state index contributed by atoms with van der Waals surface area (Å²) in [6.45, 7) is 7.39. The summed E-state index contributed by atoms with van der Waals surface area (Å²) in [7, 11) is 0. The van der Waals surface area contributed by atoms with Crippen LogP contribution in [-0.2, 0) is 6.54 Å². The van der Waals surface area contributed by atoms with Crippen LogP contribution in [0.4, 0.5) is 11.6 Å². The number of aromatic nitrogens is 4. The van der Waals surface area contributed by atoms with Crippen molar-refractivity contribution < 1.29 is 5.11 Å². The second-order valence-electron chi connectivity index (χ2n) is 10.5. The third kappa shape index (κ3) is 5.58. The molecule has 1 aliphatic rings. The number of nitrogens with zero attached hydrogens (tertiary/aromatic N) is 5. The molecule has 2 aromatic carbocycles. The number of pyridine rings is 1. The van der Waals surface area contributed by atoms with E-state index in [1.807, 2.05) is 62.4 Å². The van der Waals surface area contributed by atoms with Gasteiger partial charge in [-0.05, 0) is 81.2 Å². The van der Waals surface area contributed by atoms with Crippen LogP contribution in [0.5, 0.6) is 5.88 Å². The van der Waals surface area contributed by atoms with Crippen molar-refractivity contribution in [1.82, 2.24) is 24.8 Å². The molecule has 8 heteroatoms. The van der Waals surface area contributed by atoms with Gasteiger partial charge in [0.2, 0.25) is 5.95 Å². The molecule has 0 spiro atoms. The molecule has 0 amide bonds. The first-order chi connectivity index (χ1) is 19.5. The molecule has 0 atom stereocenters. The normalized spacial score (nSPS) is 14.3. The summed E-state index contributed by atoms with van der Waals surface area (Å²) in [5, 5.41) is 15.2. The average Bonchev–Trinajstić information content (AvgIpc) is 3.59. The lowest BCUT2D eigenvalue weighted by molar-refractivity contribution is 0.331. The fourth-order valence-corrected chi connectivity index (χ4v) is 5.16. The quantitative estimate of drug-likeness (QED) is 0.203. The molecule has 0 aliphatic carbocycles. The van der Waals surface area contributed by atoms with E-state index < -0.39 is 0 Å². The Morgan fingerprint density at radius 1 is 0.975 bits per heavy atom. The number of likely N-dealkylation sites (tertiary alicyclic amines) is 1. The first kappa shape index (κ1) is 25.7. The molecule has 1 fully saturated rings. The maximum absolute atomic E-state index is 11.1. The third-order valence-electron chi connectivity index (χ3n) is 7.11. The predicted molar refractivity (Wildman–Crippen MR) is 160 cm³/mol. The van der Waals surface area contributed by atoms with E-state index in [-0.39, 0.29) is 11.9 Å². The fraction of sp³-hybridized carbons (Fsp3) is 0.250. The molecule has 0 radical (unpaired) electrons. The monoisotopic (exact) mass is 531 g/mol. The summed E-state index contributed by atoms with van der Waals surface area (Å²) in [4.78, 5) is 24.1. The molecule has 0 bridgehead atoms. The van der Waals surface area contributed by atoms with Gasteiger partial charge in [0, 0.05) is 47.6 Å². The molecule has 0 unspecified atom stereocenters. The highest BCUT2D eigenvalue weighted by molar-refractivity contribution is 6.21. The number of benzene rings is 2. The third-order valence-corrected chi connectivity index (χ3v) is 7.11. The minimum atomic E-state index is 0.0509. The molecule has 3 N–H and O–H groups in total. The van der Waals surface area contributed by atoms with E-state index in [1.165, 1.54) is 31.5 Å². The van der Waals surface area contributed by atoms with Crippen LogP contribution in [0.2, 0.25) is 0 Å². The smallest absolute Gasteiger partial charge is 0.222 e.